The van der Waals surface area contributed by atoms with Gasteiger partial charge in [-0.1, -0.05) is 0 Å². The Hall–Kier alpha value is -1.30. The van der Waals surface area contributed by atoms with Crippen LogP contribution in [-0.4, -0.2) is 47.3 Å². The van der Waals surface area contributed by atoms with E-state index >= 15 is 0 Å². The Morgan fingerprint density at radius 3 is 2.62 bits per heavy atom. The third-order valence-corrected chi connectivity index (χ3v) is 3.75. The van der Waals surface area contributed by atoms with Gasteiger partial charge in [0.15, 0.2) is 0 Å². The second-order valence-corrected chi connectivity index (χ2v) is 7.22. The number of aromatic nitrogens is 1. The van der Waals surface area contributed by atoms with Crippen LogP contribution in [0.5, 0.6) is 0 Å². The van der Waals surface area contributed by atoms with Crippen LogP contribution in [0.4, 0.5) is 10.6 Å². The number of hydrogen-bond acceptors (Lipinski definition) is 4. The standard InChI is InChI=1S/C15H22BrN3O2/c1-11-10-18(14(20)21-15(2,3)4)7-8-19(11)13-6-5-12(16)9-17-13/h5-6,9,11H,7-8,10H2,1-4H3/t11-/m0/s1. The molecular formula is C15H22BrN3O2. The fourth-order valence-corrected chi connectivity index (χ4v) is 2.56. The van der Waals surface area contributed by atoms with E-state index in [1.807, 2.05) is 32.9 Å². The molecule has 1 saturated heterocycles. The topological polar surface area (TPSA) is 45.7 Å². The molecule has 1 aliphatic rings. The van der Waals surface area contributed by atoms with E-state index in [-0.39, 0.29) is 12.1 Å². The molecule has 116 valence electrons. The third kappa shape index (κ3) is 4.33. The van der Waals surface area contributed by atoms with Gasteiger partial charge in [-0.3, -0.25) is 0 Å². The molecule has 0 N–H and O–H groups in total. The number of halogens is 1. The number of carbonyl (C=O) groups is 1. The molecule has 21 heavy (non-hydrogen) atoms. The summed E-state index contributed by atoms with van der Waals surface area (Å²) < 4.78 is 6.39. The monoisotopic (exact) mass is 355 g/mol. The fourth-order valence-electron chi connectivity index (χ4n) is 2.33. The Balaban J connectivity index is 1.99. The van der Waals surface area contributed by atoms with Crippen molar-refractivity contribution in [2.75, 3.05) is 24.5 Å². The molecule has 1 atom stereocenters. The summed E-state index contributed by atoms with van der Waals surface area (Å²) in [6, 6.07) is 4.18. The minimum absolute atomic E-state index is 0.208. The van der Waals surface area contributed by atoms with Crippen LogP contribution in [0, 0.1) is 0 Å². The largest absolute Gasteiger partial charge is 0.444 e. The minimum Gasteiger partial charge on any atom is -0.444 e. The van der Waals surface area contributed by atoms with Crippen molar-refractivity contribution in [1.82, 2.24) is 9.88 Å². The summed E-state index contributed by atoms with van der Waals surface area (Å²) in [7, 11) is 0. The number of rotatable bonds is 1. The van der Waals surface area contributed by atoms with E-state index in [2.05, 4.69) is 32.7 Å². The van der Waals surface area contributed by atoms with Gasteiger partial charge in [-0.25, -0.2) is 9.78 Å². The highest BCUT2D eigenvalue weighted by atomic mass is 79.9. The molecule has 1 aliphatic heterocycles. The minimum atomic E-state index is -0.454. The summed E-state index contributed by atoms with van der Waals surface area (Å²) in [5.41, 5.74) is -0.454. The molecule has 0 radical (unpaired) electrons. The van der Waals surface area contributed by atoms with E-state index in [0.717, 1.165) is 16.8 Å². The van der Waals surface area contributed by atoms with Crippen molar-refractivity contribution in [3.63, 3.8) is 0 Å². The van der Waals surface area contributed by atoms with Crippen molar-refractivity contribution in [2.45, 2.75) is 39.3 Å². The summed E-state index contributed by atoms with van der Waals surface area (Å²) in [6.45, 7) is 9.81. The number of carbonyl (C=O) groups excluding carboxylic acids is 1. The highest BCUT2D eigenvalue weighted by Gasteiger charge is 2.30. The molecule has 0 unspecified atom stereocenters. The van der Waals surface area contributed by atoms with E-state index in [0.29, 0.717) is 13.1 Å². The quantitative estimate of drug-likeness (QED) is 0.775. The molecule has 0 bridgehead atoms. The lowest BCUT2D eigenvalue weighted by molar-refractivity contribution is 0.0218. The Bertz CT molecular complexity index is 499. The van der Waals surface area contributed by atoms with Gasteiger partial charge >= 0.3 is 6.09 Å². The van der Waals surface area contributed by atoms with Crippen LogP contribution in [0.3, 0.4) is 0 Å². The zero-order chi connectivity index (χ0) is 15.6. The van der Waals surface area contributed by atoms with Gasteiger partial charge < -0.3 is 14.5 Å². The molecule has 2 rings (SSSR count). The molecule has 1 amide bonds. The van der Waals surface area contributed by atoms with E-state index in [9.17, 15) is 4.79 Å². The zero-order valence-corrected chi connectivity index (χ0v) is 14.6. The van der Waals surface area contributed by atoms with Gasteiger partial charge in [-0.15, -0.1) is 0 Å². The third-order valence-electron chi connectivity index (χ3n) is 3.29. The number of anilines is 1. The highest BCUT2D eigenvalue weighted by Crippen LogP contribution is 2.21. The Labute approximate surface area is 134 Å². The molecule has 1 aromatic heterocycles. The Morgan fingerprint density at radius 2 is 2.10 bits per heavy atom. The van der Waals surface area contributed by atoms with Crippen LogP contribution in [0.15, 0.2) is 22.8 Å². The summed E-state index contributed by atoms with van der Waals surface area (Å²) >= 11 is 3.39. The van der Waals surface area contributed by atoms with E-state index in [1.54, 1.807) is 11.1 Å². The predicted molar refractivity (Wildman–Crippen MR) is 86.6 cm³/mol. The number of ether oxygens (including phenoxy) is 1. The molecule has 2 heterocycles. The van der Waals surface area contributed by atoms with Crippen LogP contribution in [0.2, 0.25) is 0 Å². The molecular weight excluding hydrogens is 334 g/mol. The molecule has 0 spiro atoms. The first-order valence-corrected chi connectivity index (χ1v) is 7.92. The van der Waals surface area contributed by atoms with E-state index in [1.165, 1.54) is 0 Å². The molecule has 6 heteroatoms. The van der Waals surface area contributed by atoms with Crippen LogP contribution < -0.4 is 4.90 Å². The molecule has 1 aromatic rings. The number of amides is 1. The lowest BCUT2D eigenvalue weighted by Crippen LogP contribution is -2.54. The van der Waals surface area contributed by atoms with Gasteiger partial charge in [0.1, 0.15) is 11.4 Å². The Morgan fingerprint density at radius 1 is 1.38 bits per heavy atom. The number of hydrogen-bond donors (Lipinski definition) is 0. The maximum Gasteiger partial charge on any atom is 0.410 e. The lowest BCUT2D eigenvalue weighted by Gasteiger charge is -2.40. The average molecular weight is 356 g/mol. The first-order valence-electron chi connectivity index (χ1n) is 7.12. The maximum atomic E-state index is 12.1. The summed E-state index contributed by atoms with van der Waals surface area (Å²) in [4.78, 5) is 20.5. The van der Waals surface area contributed by atoms with Crippen LogP contribution in [-0.2, 0) is 4.74 Å². The van der Waals surface area contributed by atoms with E-state index in [4.69, 9.17) is 4.74 Å². The fraction of sp³-hybridized carbons (Fsp3) is 0.600. The van der Waals surface area contributed by atoms with Gasteiger partial charge in [0, 0.05) is 36.3 Å². The smallest absolute Gasteiger partial charge is 0.410 e. The number of nitrogens with zero attached hydrogens (tertiary/aromatic N) is 3. The molecule has 1 fully saturated rings. The second-order valence-electron chi connectivity index (χ2n) is 6.30. The summed E-state index contributed by atoms with van der Waals surface area (Å²) in [5, 5.41) is 0. The second kappa shape index (κ2) is 6.22. The van der Waals surface area contributed by atoms with Crippen molar-refractivity contribution in [2.24, 2.45) is 0 Å². The Kier molecular flexibility index (Phi) is 4.76. The van der Waals surface area contributed by atoms with Crippen molar-refractivity contribution >= 4 is 27.8 Å². The predicted octanol–water partition coefficient (Wildman–Crippen LogP) is 3.29. The average Bonchev–Trinajstić information content (AvgIpc) is 2.38. The van der Waals surface area contributed by atoms with Crippen molar-refractivity contribution in [3.05, 3.63) is 22.8 Å². The number of pyridine rings is 1. The van der Waals surface area contributed by atoms with Crippen molar-refractivity contribution in [1.29, 1.82) is 0 Å². The number of piperazine rings is 1. The van der Waals surface area contributed by atoms with E-state index < -0.39 is 5.60 Å². The first-order chi connectivity index (χ1) is 9.76. The zero-order valence-electron chi connectivity index (χ0n) is 13.0. The summed E-state index contributed by atoms with van der Waals surface area (Å²) in [5.74, 6) is 0.939. The lowest BCUT2D eigenvalue weighted by atomic mass is 10.2. The molecule has 5 nitrogen and oxygen atoms in total. The highest BCUT2D eigenvalue weighted by molar-refractivity contribution is 9.10. The summed E-state index contributed by atoms with van der Waals surface area (Å²) in [6.07, 6.45) is 1.56. The van der Waals surface area contributed by atoms with Gasteiger partial charge in [-0.05, 0) is 55.8 Å². The van der Waals surface area contributed by atoms with Crippen molar-refractivity contribution < 1.29 is 9.53 Å². The SMILES string of the molecule is C[C@H]1CN(C(=O)OC(C)(C)C)CCN1c1ccc(Br)cn1. The van der Waals surface area contributed by atoms with Gasteiger partial charge in [-0.2, -0.15) is 0 Å². The van der Waals surface area contributed by atoms with Crippen LogP contribution in [0.1, 0.15) is 27.7 Å². The molecule has 0 aliphatic carbocycles. The first kappa shape index (κ1) is 16.1. The molecule has 0 saturated carbocycles. The van der Waals surface area contributed by atoms with Crippen molar-refractivity contribution in [3.8, 4) is 0 Å². The van der Waals surface area contributed by atoms with Gasteiger partial charge in [0.2, 0.25) is 0 Å². The van der Waals surface area contributed by atoms with Crippen LogP contribution >= 0.6 is 15.9 Å². The van der Waals surface area contributed by atoms with Crippen LogP contribution in [0.25, 0.3) is 0 Å². The molecule has 0 aromatic carbocycles. The van der Waals surface area contributed by atoms with Gasteiger partial charge in [0.05, 0.1) is 0 Å². The van der Waals surface area contributed by atoms with Gasteiger partial charge in [0.25, 0.3) is 0 Å². The maximum absolute atomic E-state index is 12.1. The normalized spacial score (nSPS) is 19.6.